The molecule has 2 amide bonds. The van der Waals surface area contributed by atoms with Crippen molar-refractivity contribution in [2.45, 2.75) is 26.4 Å². The molecule has 3 rings (SSSR count). The van der Waals surface area contributed by atoms with Crippen LogP contribution in [0.3, 0.4) is 0 Å². The second-order valence-electron chi connectivity index (χ2n) is 6.07. The molecular formula is C20H23N3O3. The first-order chi connectivity index (χ1) is 12.7. The van der Waals surface area contributed by atoms with Gasteiger partial charge in [-0.05, 0) is 43.7 Å². The average molecular weight is 353 g/mol. The van der Waals surface area contributed by atoms with Crippen LogP contribution in [0.4, 0.5) is 5.69 Å². The van der Waals surface area contributed by atoms with Crippen molar-refractivity contribution in [3.63, 3.8) is 0 Å². The fourth-order valence-electron chi connectivity index (χ4n) is 3.07. The fraction of sp³-hybridized carbons (Fsp3) is 0.300. The number of hydroxylamine groups is 1. The van der Waals surface area contributed by atoms with E-state index in [4.69, 9.17) is 4.84 Å². The molecule has 1 atom stereocenters. The maximum atomic E-state index is 12.7. The van der Waals surface area contributed by atoms with E-state index in [2.05, 4.69) is 17.7 Å². The van der Waals surface area contributed by atoms with Crippen LogP contribution in [0.1, 0.15) is 52.7 Å². The van der Waals surface area contributed by atoms with Crippen molar-refractivity contribution in [1.29, 1.82) is 0 Å². The molecule has 2 aromatic carbocycles. The van der Waals surface area contributed by atoms with E-state index in [1.165, 1.54) is 0 Å². The number of carbonyl (C=O) groups is 2. The summed E-state index contributed by atoms with van der Waals surface area (Å²) in [5.41, 5.74) is 5.44. The van der Waals surface area contributed by atoms with E-state index in [9.17, 15) is 9.59 Å². The van der Waals surface area contributed by atoms with Gasteiger partial charge in [-0.25, -0.2) is 5.48 Å². The Morgan fingerprint density at radius 1 is 1.12 bits per heavy atom. The largest absolute Gasteiger partial charge is 0.361 e. The van der Waals surface area contributed by atoms with Gasteiger partial charge in [0.05, 0.1) is 6.61 Å². The first-order valence-electron chi connectivity index (χ1n) is 8.84. The Labute approximate surface area is 153 Å². The van der Waals surface area contributed by atoms with Crippen molar-refractivity contribution in [2.75, 3.05) is 18.5 Å². The van der Waals surface area contributed by atoms with E-state index >= 15 is 0 Å². The molecule has 0 bridgehead atoms. The van der Waals surface area contributed by atoms with Gasteiger partial charge in [-0.2, -0.15) is 0 Å². The second kappa shape index (κ2) is 8.01. The van der Waals surface area contributed by atoms with Gasteiger partial charge in [-0.15, -0.1) is 0 Å². The number of hydrogen-bond acceptors (Lipinski definition) is 4. The molecule has 26 heavy (non-hydrogen) atoms. The molecule has 0 fully saturated rings. The number of nitrogens with one attached hydrogen (secondary N) is 2. The minimum atomic E-state index is -0.285. The summed E-state index contributed by atoms with van der Waals surface area (Å²) >= 11 is 0. The molecule has 1 aliphatic heterocycles. The molecule has 6 heteroatoms. The summed E-state index contributed by atoms with van der Waals surface area (Å²) in [6, 6.07) is 14.8. The summed E-state index contributed by atoms with van der Waals surface area (Å²) in [6.07, 6.45) is 0.677. The first-order valence-corrected chi connectivity index (χ1v) is 8.84. The SMILES string of the molecule is CCCN1C(=O)c2ccccc2C1Nc1ccc(C(=O)NOCC)cc1. The van der Waals surface area contributed by atoms with Gasteiger partial charge >= 0.3 is 0 Å². The molecule has 6 nitrogen and oxygen atoms in total. The van der Waals surface area contributed by atoms with Gasteiger partial charge in [0.2, 0.25) is 0 Å². The minimum Gasteiger partial charge on any atom is -0.361 e. The van der Waals surface area contributed by atoms with Gasteiger partial charge in [0.15, 0.2) is 0 Å². The molecular weight excluding hydrogens is 330 g/mol. The number of rotatable bonds is 7. The number of hydrogen-bond donors (Lipinski definition) is 2. The monoisotopic (exact) mass is 353 g/mol. The first kappa shape index (κ1) is 17.9. The van der Waals surface area contributed by atoms with E-state index in [1.54, 1.807) is 19.1 Å². The number of carbonyl (C=O) groups excluding carboxylic acids is 2. The number of benzene rings is 2. The second-order valence-corrected chi connectivity index (χ2v) is 6.07. The average Bonchev–Trinajstić information content (AvgIpc) is 2.93. The van der Waals surface area contributed by atoms with Crippen molar-refractivity contribution < 1.29 is 14.4 Å². The van der Waals surface area contributed by atoms with E-state index in [-0.39, 0.29) is 18.0 Å². The fourth-order valence-corrected chi connectivity index (χ4v) is 3.07. The molecule has 0 aliphatic carbocycles. The van der Waals surface area contributed by atoms with Crippen molar-refractivity contribution in [3.05, 3.63) is 65.2 Å². The Morgan fingerprint density at radius 2 is 1.85 bits per heavy atom. The highest BCUT2D eigenvalue weighted by molar-refractivity contribution is 5.99. The summed E-state index contributed by atoms with van der Waals surface area (Å²) in [6.45, 7) is 4.95. The highest BCUT2D eigenvalue weighted by Crippen LogP contribution is 2.34. The van der Waals surface area contributed by atoms with Crippen molar-refractivity contribution in [1.82, 2.24) is 10.4 Å². The molecule has 2 aromatic rings. The van der Waals surface area contributed by atoms with Crippen LogP contribution in [-0.2, 0) is 4.84 Å². The van der Waals surface area contributed by atoms with E-state index in [0.29, 0.717) is 18.7 Å². The number of fused-ring (bicyclic) bond motifs is 1. The summed E-state index contributed by atoms with van der Waals surface area (Å²) in [7, 11) is 0. The summed E-state index contributed by atoms with van der Waals surface area (Å²) < 4.78 is 0. The predicted octanol–water partition coefficient (Wildman–Crippen LogP) is 3.34. The standard InChI is InChI=1S/C20H23N3O3/c1-3-13-23-18(16-7-5-6-8-17(16)20(23)25)21-15-11-9-14(10-12-15)19(24)22-26-4-2/h5-12,18,21H,3-4,13H2,1-2H3,(H,22,24). The topological polar surface area (TPSA) is 70.7 Å². The quantitative estimate of drug-likeness (QED) is 0.749. The highest BCUT2D eigenvalue weighted by Gasteiger charge is 2.35. The molecule has 1 unspecified atom stereocenters. The Bertz CT molecular complexity index is 789. The zero-order valence-corrected chi connectivity index (χ0v) is 15.0. The van der Waals surface area contributed by atoms with Crippen LogP contribution in [-0.4, -0.2) is 29.9 Å². The highest BCUT2D eigenvalue weighted by atomic mass is 16.6. The van der Waals surface area contributed by atoms with Crippen molar-refractivity contribution in [3.8, 4) is 0 Å². The lowest BCUT2D eigenvalue weighted by Crippen LogP contribution is -2.33. The summed E-state index contributed by atoms with van der Waals surface area (Å²) in [5, 5.41) is 3.41. The predicted molar refractivity (Wildman–Crippen MR) is 99.7 cm³/mol. The third-order valence-electron chi connectivity index (χ3n) is 4.28. The summed E-state index contributed by atoms with van der Waals surface area (Å²) in [5.74, 6) is -0.236. The Morgan fingerprint density at radius 3 is 2.54 bits per heavy atom. The van der Waals surface area contributed by atoms with E-state index in [0.717, 1.165) is 23.2 Å². The van der Waals surface area contributed by atoms with E-state index < -0.39 is 0 Å². The van der Waals surface area contributed by atoms with Crippen LogP contribution in [0.2, 0.25) is 0 Å². The molecule has 2 N–H and O–H groups in total. The van der Waals surface area contributed by atoms with Crippen LogP contribution in [0.5, 0.6) is 0 Å². The maximum absolute atomic E-state index is 12.7. The Hall–Kier alpha value is -2.86. The van der Waals surface area contributed by atoms with Gasteiger partial charge in [-0.3, -0.25) is 14.4 Å². The van der Waals surface area contributed by atoms with Crippen LogP contribution in [0.25, 0.3) is 0 Å². The van der Waals surface area contributed by atoms with Gasteiger partial charge in [0.1, 0.15) is 6.17 Å². The van der Waals surface area contributed by atoms with Crippen LogP contribution >= 0.6 is 0 Å². The number of nitrogens with zero attached hydrogens (tertiary/aromatic N) is 1. The van der Waals surface area contributed by atoms with Crippen molar-refractivity contribution in [2.24, 2.45) is 0 Å². The summed E-state index contributed by atoms with van der Waals surface area (Å²) in [4.78, 5) is 31.3. The molecule has 1 aliphatic rings. The Kier molecular flexibility index (Phi) is 5.53. The van der Waals surface area contributed by atoms with Gasteiger partial charge in [0, 0.05) is 28.9 Å². The maximum Gasteiger partial charge on any atom is 0.274 e. The molecule has 1 heterocycles. The molecule has 136 valence electrons. The lowest BCUT2D eigenvalue weighted by molar-refractivity contribution is 0.0364. The minimum absolute atomic E-state index is 0.0488. The molecule has 0 saturated carbocycles. The Balaban J connectivity index is 1.78. The van der Waals surface area contributed by atoms with Crippen LogP contribution in [0, 0.1) is 0 Å². The normalized spacial score (nSPS) is 15.7. The zero-order chi connectivity index (χ0) is 18.5. The zero-order valence-electron chi connectivity index (χ0n) is 15.0. The smallest absolute Gasteiger partial charge is 0.274 e. The van der Waals surface area contributed by atoms with Gasteiger partial charge in [-0.1, -0.05) is 25.1 Å². The molecule has 0 saturated heterocycles. The number of amides is 2. The van der Waals surface area contributed by atoms with E-state index in [1.807, 2.05) is 41.3 Å². The number of anilines is 1. The molecule has 0 aromatic heterocycles. The van der Waals surface area contributed by atoms with Gasteiger partial charge < -0.3 is 10.2 Å². The van der Waals surface area contributed by atoms with Crippen LogP contribution < -0.4 is 10.8 Å². The third kappa shape index (κ3) is 3.55. The lowest BCUT2D eigenvalue weighted by atomic mass is 10.1. The molecule has 0 spiro atoms. The lowest BCUT2D eigenvalue weighted by Gasteiger charge is -2.26. The van der Waals surface area contributed by atoms with Crippen LogP contribution in [0.15, 0.2) is 48.5 Å². The van der Waals surface area contributed by atoms with Crippen molar-refractivity contribution >= 4 is 17.5 Å². The third-order valence-corrected chi connectivity index (χ3v) is 4.28. The van der Waals surface area contributed by atoms with Gasteiger partial charge in [0.25, 0.3) is 11.8 Å². The molecule has 0 radical (unpaired) electrons.